The van der Waals surface area contributed by atoms with Gasteiger partial charge in [0.2, 0.25) is 0 Å². The number of hydrogen-bond donors (Lipinski definition) is 2. The van der Waals surface area contributed by atoms with Crippen LogP contribution in [0.2, 0.25) is 0 Å². The van der Waals surface area contributed by atoms with Crippen molar-refractivity contribution in [1.82, 2.24) is 9.55 Å². The number of methoxy groups -OCH3 is 1. The van der Waals surface area contributed by atoms with Crippen molar-refractivity contribution in [2.75, 3.05) is 18.7 Å². The molecule has 0 radical (unpaired) electrons. The second-order valence-corrected chi connectivity index (χ2v) is 7.25. The van der Waals surface area contributed by atoms with E-state index >= 15 is 0 Å². The number of hydrogen-bond acceptors (Lipinski definition) is 6. The first-order chi connectivity index (χ1) is 13.0. The predicted octanol–water partition coefficient (Wildman–Crippen LogP) is 3.67. The van der Waals surface area contributed by atoms with Gasteiger partial charge in [0, 0.05) is 10.4 Å². The van der Waals surface area contributed by atoms with Crippen LogP contribution in [-0.2, 0) is 6.54 Å². The summed E-state index contributed by atoms with van der Waals surface area (Å²) in [7, 11) is 1.54. The summed E-state index contributed by atoms with van der Waals surface area (Å²) in [5.74, 6) is -0.926. The number of carbonyl (C=O) groups is 2. The number of aromatic nitrogens is 2. The van der Waals surface area contributed by atoms with Gasteiger partial charge < -0.3 is 19.7 Å². The normalized spacial score (nSPS) is 10.6. The number of nitrogens with zero attached hydrogens (tertiary/aromatic N) is 2. The van der Waals surface area contributed by atoms with Gasteiger partial charge in [0.1, 0.15) is 5.75 Å². The van der Waals surface area contributed by atoms with E-state index in [9.17, 15) is 14.7 Å². The van der Waals surface area contributed by atoms with Crippen LogP contribution in [0.3, 0.4) is 0 Å². The number of carboxylic acid groups (broad SMARTS) is 1. The van der Waals surface area contributed by atoms with Crippen molar-refractivity contribution in [2.24, 2.45) is 0 Å². The third-order valence-electron chi connectivity index (χ3n) is 3.80. The molecule has 2 aromatic heterocycles. The molecule has 9 heteroatoms. The molecule has 27 heavy (non-hydrogen) atoms. The number of ether oxygens (including phenoxy) is 1. The molecule has 0 aliphatic rings. The van der Waals surface area contributed by atoms with Crippen molar-refractivity contribution < 1.29 is 19.4 Å². The van der Waals surface area contributed by atoms with Gasteiger partial charge in [0.25, 0.3) is 5.91 Å². The topological polar surface area (TPSA) is 93.5 Å². The van der Waals surface area contributed by atoms with Crippen LogP contribution in [-0.4, -0.2) is 39.9 Å². The van der Waals surface area contributed by atoms with Crippen molar-refractivity contribution in [3.05, 3.63) is 57.9 Å². The summed E-state index contributed by atoms with van der Waals surface area (Å²) >= 11 is 2.85. The van der Waals surface area contributed by atoms with E-state index in [1.54, 1.807) is 35.9 Å². The molecule has 0 bridgehead atoms. The molecule has 3 aromatic rings. The summed E-state index contributed by atoms with van der Waals surface area (Å²) in [5, 5.41) is 14.8. The minimum absolute atomic E-state index is 0.0317. The second kappa shape index (κ2) is 8.28. The van der Waals surface area contributed by atoms with Gasteiger partial charge in [-0.25, -0.2) is 9.78 Å². The van der Waals surface area contributed by atoms with Gasteiger partial charge in [-0.15, -0.1) is 11.3 Å². The van der Waals surface area contributed by atoms with Gasteiger partial charge in [-0.3, -0.25) is 4.79 Å². The minimum Gasteiger partial charge on any atom is -0.497 e. The van der Waals surface area contributed by atoms with Gasteiger partial charge in [0.15, 0.2) is 16.7 Å². The summed E-state index contributed by atoms with van der Waals surface area (Å²) in [6.07, 6.45) is 1.81. The number of imidazole rings is 1. The molecule has 1 aromatic carbocycles. The molecule has 0 aliphatic heterocycles. The Balaban J connectivity index is 1.93. The van der Waals surface area contributed by atoms with Gasteiger partial charge in [-0.05, 0) is 42.0 Å². The highest BCUT2D eigenvalue weighted by atomic mass is 32.2. The smallest absolute Gasteiger partial charge is 0.356 e. The van der Waals surface area contributed by atoms with Crippen LogP contribution in [0.5, 0.6) is 5.75 Å². The number of aromatic carboxylic acids is 1. The molecule has 140 valence electrons. The molecule has 0 unspecified atom stereocenters. The molecule has 0 atom stereocenters. The SMILES string of the molecule is COc1ccc(C(=O)Nc2nc(SC)n(Cc3cccs3)c2C(=O)O)cc1. The second-order valence-electron chi connectivity index (χ2n) is 5.45. The van der Waals surface area contributed by atoms with Crippen LogP contribution >= 0.6 is 23.1 Å². The molecule has 0 saturated carbocycles. The standard InChI is InChI=1S/C18H17N3O4S2/c1-25-12-7-5-11(6-8-12)16(22)19-15-14(17(23)24)21(18(20-15)26-2)10-13-4-3-9-27-13/h3-9H,10H2,1-2H3,(H,19,22)(H,23,24). The van der Waals surface area contributed by atoms with Gasteiger partial charge >= 0.3 is 5.97 Å². The van der Waals surface area contributed by atoms with E-state index in [-0.39, 0.29) is 11.5 Å². The molecule has 2 heterocycles. The van der Waals surface area contributed by atoms with Crippen molar-refractivity contribution in [2.45, 2.75) is 11.7 Å². The van der Waals surface area contributed by atoms with Crippen LogP contribution in [0.1, 0.15) is 25.7 Å². The van der Waals surface area contributed by atoms with Crippen molar-refractivity contribution in [3.63, 3.8) is 0 Å². The first-order valence-corrected chi connectivity index (χ1v) is 9.99. The molecule has 1 amide bonds. The average molecular weight is 403 g/mol. The van der Waals surface area contributed by atoms with E-state index < -0.39 is 11.9 Å². The number of thiophene rings is 1. The largest absolute Gasteiger partial charge is 0.497 e. The third-order valence-corrected chi connectivity index (χ3v) is 5.33. The fraction of sp³-hybridized carbons (Fsp3) is 0.167. The van der Waals surface area contributed by atoms with E-state index in [0.29, 0.717) is 23.0 Å². The first-order valence-electron chi connectivity index (χ1n) is 7.89. The van der Waals surface area contributed by atoms with Crippen LogP contribution < -0.4 is 10.1 Å². The third kappa shape index (κ3) is 4.15. The highest BCUT2D eigenvalue weighted by Crippen LogP contribution is 2.26. The van der Waals surface area contributed by atoms with E-state index in [0.717, 1.165) is 4.88 Å². The molecule has 0 fully saturated rings. The zero-order valence-corrected chi connectivity index (χ0v) is 16.3. The van der Waals surface area contributed by atoms with E-state index in [1.165, 1.54) is 23.1 Å². The average Bonchev–Trinajstić information content (AvgIpc) is 3.29. The zero-order valence-electron chi connectivity index (χ0n) is 14.6. The Kier molecular flexibility index (Phi) is 5.82. The lowest BCUT2D eigenvalue weighted by Gasteiger charge is -2.08. The number of rotatable bonds is 7. The molecule has 7 nitrogen and oxygen atoms in total. The van der Waals surface area contributed by atoms with E-state index in [1.807, 2.05) is 23.8 Å². The van der Waals surface area contributed by atoms with Crippen LogP contribution in [0.4, 0.5) is 5.82 Å². The fourth-order valence-electron chi connectivity index (χ4n) is 2.52. The van der Waals surface area contributed by atoms with Crippen molar-refractivity contribution in [1.29, 1.82) is 0 Å². The Labute approximate surface area is 164 Å². The monoisotopic (exact) mass is 403 g/mol. The van der Waals surface area contributed by atoms with Gasteiger partial charge in [0.05, 0.1) is 13.7 Å². The number of carboxylic acids is 1. The summed E-state index contributed by atoms with van der Waals surface area (Å²) in [6, 6.07) is 10.4. The quantitative estimate of drug-likeness (QED) is 0.585. The lowest BCUT2D eigenvalue weighted by Crippen LogP contribution is -2.16. The maximum atomic E-state index is 12.5. The lowest BCUT2D eigenvalue weighted by atomic mass is 10.2. The molecule has 0 saturated heterocycles. The first kappa shape index (κ1) is 19.0. The molecule has 0 spiro atoms. The highest BCUT2D eigenvalue weighted by molar-refractivity contribution is 7.98. The molecular weight excluding hydrogens is 386 g/mol. The number of anilines is 1. The van der Waals surface area contributed by atoms with E-state index in [2.05, 4.69) is 10.3 Å². The fourth-order valence-corrected chi connectivity index (χ4v) is 3.77. The van der Waals surface area contributed by atoms with Crippen LogP contribution in [0.25, 0.3) is 0 Å². The van der Waals surface area contributed by atoms with Gasteiger partial charge in [-0.2, -0.15) is 0 Å². The van der Waals surface area contributed by atoms with Crippen molar-refractivity contribution >= 4 is 40.8 Å². The van der Waals surface area contributed by atoms with E-state index in [4.69, 9.17) is 4.74 Å². The molecule has 3 rings (SSSR count). The maximum Gasteiger partial charge on any atom is 0.356 e. The number of carbonyl (C=O) groups excluding carboxylic acids is 1. The number of benzene rings is 1. The van der Waals surface area contributed by atoms with Crippen LogP contribution in [0.15, 0.2) is 46.9 Å². The predicted molar refractivity (Wildman–Crippen MR) is 105 cm³/mol. The Morgan fingerprint density at radius 3 is 2.59 bits per heavy atom. The molecule has 0 aliphatic carbocycles. The Bertz CT molecular complexity index is 950. The Hall–Kier alpha value is -2.78. The molecule has 2 N–H and O–H groups in total. The van der Waals surface area contributed by atoms with Gasteiger partial charge in [-0.1, -0.05) is 17.8 Å². The molecular formula is C18H17N3O4S2. The Morgan fingerprint density at radius 1 is 1.30 bits per heavy atom. The minimum atomic E-state index is -1.15. The van der Waals surface area contributed by atoms with Crippen LogP contribution in [0, 0.1) is 0 Å². The number of amides is 1. The highest BCUT2D eigenvalue weighted by Gasteiger charge is 2.24. The summed E-state index contributed by atoms with van der Waals surface area (Å²) in [6.45, 7) is 0.376. The van der Waals surface area contributed by atoms with Crippen molar-refractivity contribution in [3.8, 4) is 5.75 Å². The number of thioether (sulfide) groups is 1. The summed E-state index contributed by atoms with van der Waals surface area (Å²) in [4.78, 5) is 29.7. The summed E-state index contributed by atoms with van der Waals surface area (Å²) < 4.78 is 6.67. The lowest BCUT2D eigenvalue weighted by molar-refractivity contribution is 0.0686. The number of nitrogens with one attached hydrogen (secondary N) is 1. The zero-order chi connectivity index (χ0) is 19.4. The Morgan fingerprint density at radius 2 is 2.04 bits per heavy atom. The summed E-state index contributed by atoms with van der Waals surface area (Å²) in [5.41, 5.74) is 0.334. The maximum absolute atomic E-state index is 12.5.